The van der Waals surface area contributed by atoms with Gasteiger partial charge in [-0.25, -0.2) is 0 Å². The average molecular weight is 185 g/mol. The highest BCUT2D eigenvalue weighted by Crippen LogP contribution is 2.28. The maximum atomic E-state index is 5.54. The van der Waals surface area contributed by atoms with Crippen LogP contribution in [-0.4, -0.2) is 37.2 Å². The van der Waals surface area contributed by atoms with Crippen LogP contribution in [0.15, 0.2) is 0 Å². The molecule has 0 bridgehead atoms. The summed E-state index contributed by atoms with van der Waals surface area (Å²) in [6, 6.07) is 0. The number of methoxy groups -OCH3 is 1. The summed E-state index contributed by atoms with van der Waals surface area (Å²) in [7, 11) is 1.82. The van der Waals surface area contributed by atoms with Crippen LogP contribution in [0.2, 0.25) is 0 Å². The monoisotopic (exact) mass is 185 g/mol. The maximum absolute atomic E-state index is 5.54. The third-order valence-electron chi connectivity index (χ3n) is 3.46. The van der Waals surface area contributed by atoms with Gasteiger partial charge in [-0.2, -0.15) is 0 Å². The summed E-state index contributed by atoms with van der Waals surface area (Å²) in [4.78, 5) is 2.52. The molecule has 1 unspecified atom stereocenters. The molecule has 1 saturated heterocycles. The number of piperidine rings is 1. The fourth-order valence-corrected chi connectivity index (χ4v) is 2.08. The van der Waals surface area contributed by atoms with Gasteiger partial charge in [0.2, 0.25) is 0 Å². The van der Waals surface area contributed by atoms with Gasteiger partial charge in [-0.1, -0.05) is 6.92 Å². The largest absolute Gasteiger partial charge is 0.378 e. The van der Waals surface area contributed by atoms with Crippen molar-refractivity contribution in [2.75, 3.05) is 26.7 Å². The first kappa shape index (κ1) is 11.0. The molecular formula is C11H23NO. The molecular weight excluding hydrogens is 162 g/mol. The molecule has 78 valence electrons. The lowest BCUT2D eigenvalue weighted by atomic mass is 9.84. The van der Waals surface area contributed by atoms with Crippen LogP contribution < -0.4 is 0 Å². The summed E-state index contributed by atoms with van der Waals surface area (Å²) >= 11 is 0. The van der Waals surface area contributed by atoms with Crippen LogP contribution in [0.1, 0.15) is 33.6 Å². The highest BCUT2D eigenvalue weighted by molar-refractivity contribution is 4.84. The van der Waals surface area contributed by atoms with Gasteiger partial charge in [0.1, 0.15) is 0 Å². The SMILES string of the molecule is CCN1CCCC(C(C)(C)OC)C1. The molecule has 0 aromatic heterocycles. The Hall–Kier alpha value is -0.0800. The molecule has 1 aliphatic heterocycles. The molecule has 1 aliphatic rings. The van der Waals surface area contributed by atoms with Gasteiger partial charge >= 0.3 is 0 Å². The van der Waals surface area contributed by atoms with Gasteiger partial charge in [-0.3, -0.25) is 0 Å². The summed E-state index contributed by atoms with van der Waals surface area (Å²) in [5.74, 6) is 0.700. The molecule has 0 radical (unpaired) electrons. The molecule has 1 atom stereocenters. The van der Waals surface area contributed by atoms with E-state index in [-0.39, 0.29) is 5.60 Å². The number of ether oxygens (including phenoxy) is 1. The molecule has 1 rings (SSSR count). The van der Waals surface area contributed by atoms with E-state index in [0.717, 1.165) is 0 Å². The topological polar surface area (TPSA) is 12.5 Å². The first-order chi connectivity index (χ1) is 6.10. The Morgan fingerprint density at radius 3 is 2.69 bits per heavy atom. The zero-order valence-electron chi connectivity index (χ0n) is 9.47. The molecule has 0 saturated carbocycles. The van der Waals surface area contributed by atoms with Crippen molar-refractivity contribution in [3.8, 4) is 0 Å². The molecule has 0 spiro atoms. The minimum atomic E-state index is 0.0494. The second kappa shape index (κ2) is 4.43. The lowest BCUT2D eigenvalue weighted by molar-refractivity contribution is -0.0519. The summed E-state index contributed by atoms with van der Waals surface area (Å²) in [6.07, 6.45) is 2.64. The lowest BCUT2D eigenvalue weighted by Crippen LogP contribution is -2.45. The molecule has 0 aromatic carbocycles. The molecule has 0 aromatic rings. The van der Waals surface area contributed by atoms with Crippen LogP contribution in [0, 0.1) is 5.92 Å². The predicted octanol–water partition coefficient (Wildman–Crippen LogP) is 2.14. The Labute approximate surface area is 82.3 Å². The van der Waals surface area contributed by atoms with Gasteiger partial charge in [0, 0.05) is 19.6 Å². The Morgan fingerprint density at radius 2 is 2.15 bits per heavy atom. The van der Waals surface area contributed by atoms with Gasteiger partial charge in [-0.15, -0.1) is 0 Å². The average Bonchev–Trinajstić information content (AvgIpc) is 2.18. The van der Waals surface area contributed by atoms with Crippen molar-refractivity contribution in [1.82, 2.24) is 4.90 Å². The second-order valence-corrected chi connectivity index (χ2v) is 4.54. The quantitative estimate of drug-likeness (QED) is 0.668. The van der Waals surface area contributed by atoms with Gasteiger partial charge in [0.25, 0.3) is 0 Å². The van der Waals surface area contributed by atoms with Crippen LogP contribution in [0.4, 0.5) is 0 Å². The molecule has 1 fully saturated rings. The van der Waals surface area contributed by atoms with Crippen LogP contribution >= 0.6 is 0 Å². The van der Waals surface area contributed by atoms with Crippen LogP contribution in [0.25, 0.3) is 0 Å². The van der Waals surface area contributed by atoms with E-state index in [1.54, 1.807) is 0 Å². The minimum absolute atomic E-state index is 0.0494. The Balaban J connectivity index is 2.50. The van der Waals surface area contributed by atoms with Gasteiger partial charge in [0.15, 0.2) is 0 Å². The van der Waals surface area contributed by atoms with E-state index in [0.29, 0.717) is 5.92 Å². The van der Waals surface area contributed by atoms with Crippen LogP contribution in [0.3, 0.4) is 0 Å². The maximum Gasteiger partial charge on any atom is 0.0662 e. The van der Waals surface area contributed by atoms with E-state index >= 15 is 0 Å². The third-order valence-corrected chi connectivity index (χ3v) is 3.46. The predicted molar refractivity (Wildman–Crippen MR) is 55.9 cm³/mol. The molecule has 0 N–H and O–H groups in total. The second-order valence-electron chi connectivity index (χ2n) is 4.54. The molecule has 0 aliphatic carbocycles. The standard InChI is InChI=1S/C11H23NO/c1-5-12-8-6-7-10(9-12)11(2,3)13-4/h10H,5-9H2,1-4H3. The third kappa shape index (κ3) is 2.68. The first-order valence-corrected chi connectivity index (χ1v) is 5.37. The lowest BCUT2D eigenvalue weighted by Gasteiger charge is -2.40. The van der Waals surface area contributed by atoms with E-state index in [1.807, 2.05) is 7.11 Å². The number of hydrogen-bond donors (Lipinski definition) is 0. The van der Waals surface area contributed by atoms with Crippen molar-refractivity contribution >= 4 is 0 Å². The van der Waals surface area contributed by atoms with Gasteiger partial charge < -0.3 is 9.64 Å². The first-order valence-electron chi connectivity index (χ1n) is 5.37. The van der Waals surface area contributed by atoms with E-state index < -0.39 is 0 Å². The molecule has 13 heavy (non-hydrogen) atoms. The Bertz CT molecular complexity index is 156. The highest BCUT2D eigenvalue weighted by Gasteiger charge is 2.32. The van der Waals surface area contributed by atoms with Crippen molar-refractivity contribution in [3.63, 3.8) is 0 Å². The Morgan fingerprint density at radius 1 is 1.46 bits per heavy atom. The van der Waals surface area contributed by atoms with Crippen molar-refractivity contribution in [2.45, 2.75) is 39.2 Å². The van der Waals surface area contributed by atoms with Crippen LogP contribution in [0.5, 0.6) is 0 Å². The number of nitrogens with zero attached hydrogens (tertiary/aromatic N) is 1. The Kier molecular flexibility index (Phi) is 3.74. The van der Waals surface area contributed by atoms with Crippen molar-refractivity contribution in [1.29, 1.82) is 0 Å². The minimum Gasteiger partial charge on any atom is -0.378 e. The van der Waals surface area contributed by atoms with E-state index in [1.165, 1.54) is 32.5 Å². The molecule has 1 heterocycles. The molecule has 2 heteroatoms. The summed E-state index contributed by atoms with van der Waals surface area (Å²) in [5, 5.41) is 0. The number of rotatable bonds is 3. The smallest absolute Gasteiger partial charge is 0.0662 e. The number of hydrogen-bond acceptors (Lipinski definition) is 2. The fraction of sp³-hybridized carbons (Fsp3) is 1.00. The van der Waals surface area contributed by atoms with Crippen LogP contribution in [-0.2, 0) is 4.74 Å². The van der Waals surface area contributed by atoms with E-state index in [2.05, 4.69) is 25.7 Å². The summed E-state index contributed by atoms with van der Waals surface area (Å²) in [5.41, 5.74) is 0.0494. The molecule has 0 amide bonds. The zero-order chi connectivity index (χ0) is 9.90. The molecule has 2 nitrogen and oxygen atoms in total. The normalized spacial score (nSPS) is 26.3. The zero-order valence-corrected chi connectivity index (χ0v) is 9.47. The highest BCUT2D eigenvalue weighted by atomic mass is 16.5. The number of likely N-dealkylation sites (tertiary alicyclic amines) is 1. The summed E-state index contributed by atoms with van der Waals surface area (Å²) < 4.78 is 5.54. The van der Waals surface area contributed by atoms with E-state index in [9.17, 15) is 0 Å². The van der Waals surface area contributed by atoms with Crippen molar-refractivity contribution < 1.29 is 4.74 Å². The van der Waals surface area contributed by atoms with Crippen molar-refractivity contribution in [2.24, 2.45) is 5.92 Å². The van der Waals surface area contributed by atoms with Gasteiger partial charge in [0.05, 0.1) is 5.60 Å². The van der Waals surface area contributed by atoms with E-state index in [4.69, 9.17) is 4.74 Å². The van der Waals surface area contributed by atoms with Gasteiger partial charge in [-0.05, 0) is 39.8 Å². The van der Waals surface area contributed by atoms with Crippen molar-refractivity contribution in [3.05, 3.63) is 0 Å². The summed E-state index contributed by atoms with van der Waals surface area (Å²) in [6.45, 7) is 10.3. The fourth-order valence-electron chi connectivity index (χ4n) is 2.08.